The zero-order valence-corrected chi connectivity index (χ0v) is 26.2. The maximum Gasteiger partial charge on any atom is 1.00 e. The Hall–Kier alpha value is -0.127. The molecule has 33 heavy (non-hydrogen) atoms. The number of likely N-dealkylation sites (N-methyl/N-ethyl adjacent to an activating group) is 2. The van der Waals surface area contributed by atoms with Crippen molar-refractivity contribution in [3.63, 3.8) is 0 Å². The Labute approximate surface area is 279 Å². The molecule has 2 aliphatic rings. The van der Waals surface area contributed by atoms with Gasteiger partial charge in [-0.2, -0.15) is 0 Å². The topological polar surface area (TPSA) is 128 Å². The van der Waals surface area contributed by atoms with Crippen molar-refractivity contribution in [2.45, 2.75) is 33.6 Å². The Morgan fingerprint density at radius 2 is 1.55 bits per heavy atom. The molecule has 2 aromatic heterocycles. The Morgan fingerprint density at radius 3 is 2.03 bits per heavy atom. The molecule has 0 bridgehead atoms. The van der Waals surface area contributed by atoms with E-state index in [9.17, 15) is 14.4 Å². The van der Waals surface area contributed by atoms with Crippen LogP contribution in [0.1, 0.15) is 58.8 Å². The Balaban J connectivity index is 0. The van der Waals surface area contributed by atoms with Gasteiger partial charge >= 0.3 is 103 Å². The van der Waals surface area contributed by atoms with Crippen molar-refractivity contribution in [2.75, 3.05) is 26.2 Å². The third-order valence-corrected chi connectivity index (χ3v) is 5.24. The molecule has 4 heterocycles. The van der Waals surface area contributed by atoms with Crippen molar-refractivity contribution < 1.29 is 134 Å². The van der Waals surface area contributed by atoms with Gasteiger partial charge in [0.25, 0.3) is 18.3 Å². The standard InChI is InChI=1S/C11H14N2O2.C9H12N2O.CH2O3.2K.H/c1-3-12-5-4-9-6-13(8(2)14)7-10(9)11(12)15;1-2-11-4-3-7-5-10-6-8(7)9(11)12;2-1-4-3;;;/h6-7H,3-5H2,1-2H3;5-6,10H,2-4H2,1H3;1,3H;;;/q;;;2*+1;-1/p-1. The molecule has 0 aliphatic carbocycles. The van der Waals surface area contributed by atoms with Crippen molar-refractivity contribution in [1.29, 1.82) is 0 Å². The molecule has 170 valence electrons. The van der Waals surface area contributed by atoms with Gasteiger partial charge in [0.15, 0.2) is 0 Å². The molecular formula is C21H28K2N4O6. The number of hydrogen-bond acceptors (Lipinski definition) is 6. The van der Waals surface area contributed by atoms with Crippen molar-refractivity contribution in [2.24, 2.45) is 0 Å². The normalized spacial score (nSPS) is 13.6. The average molecular weight is 511 g/mol. The first-order chi connectivity index (χ1) is 14.9. The van der Waals surface area contributed by atoms with Gasteiger partial charge in [0.2, 0.25) is 5.91 Å². The third kappa shape index (κ3) is 8.79. The fourth-order valence-corrected chi connectivity index (χ4v) is 3.53. The van der Waals surface area contributed by atoms with Crippen molar-refractivity contribution >= 4 is 24.2 Å². The van der Waals surface area contributed by atoms with E-state index in [1.165, 1.54) is 11.5 Å². The van der Waals surface area contributed by atoms with Crippen LogP contribution in [0.2, 0.25) is 0 Å². The maximum absolute atomic E-state index is 11.9. The van der Waals surface area contributed by atoms with E-state index in [0.717, 1.165) is 55.7 Å². The van der Waals surface area contributed by atoms with E-state index < -0.39 is 0 Å². The van der Waals surface area contributed by atoms with Gasteiger partial charge in [-0.15, -0.1) is 0 Å². The van der Waals surface area contributed by atoms with Crippen LogP contribution in [-0.2, 0) is 22.5 Å². The predicted molar refractivity (Wildman–Crippen MR) is 110 cm³/mol. The summed E-state index contributed by atoms with van der Waals surface area (Å²) in [4.78, 5) is 52.5. The second kappa shape index (κ2) is 16.5. The minimum atomic E-state index is -0.181. The van der Waals surface area contributed by atoms with Crippen molar-refractivity contribution in [3.8, 4) is 0 Å². The largest absolute Gasteiger partial charge is 1.00 e. The number of amides is 2. The number of hydrogen-bond donors (Lipinski definition) is 1. The van der Waals surface area contributed by atoms with E-state index in [-0.39, 0.29) is 128 Å². The minimum absolute atomic E-state index is 0. The van der Waals surface area contributed by atoms with Gasteiger partial charge in [0, 0.05) is 57.9 Å². The summed E-state index contributed by atoms with van der Waals surface area (Å²) in [6.45, 7) is 8.44. The summed E-state index contributed by atoms with van der Waals surface area (Å²) < 4.78 is 1.49. The smallest absolute Gasteiger partial charge is 1.00 e. The molecule has 0 spiro atoms. The van der Waals surface area contributed by atoms with E-state index in [0.29, 0.717) is 5.56 Å². The second-order valence-electron chi connectivity index (χ2n) is 6.98. The van der Waals surface area contributed by atoms with Crippen molar-refractivity contribution in [1.82, 2.24) is 19.4 Å². The molecule has 0 saturated heterocycles. The van der Waals surface area contributed by atoms with Crippen LogP contribution in [0.25, 0.3) is 0 Å². The molecule has 0 unspecified atom stereocenters. The van der Waals surface area contributed by atoms with Crippen LogP contribution in [-0.4, -0.2) is 69.7 Å². The van der Waals surface area contributed by atoms with Gasteiger partial charge in [-0.1, -0.05) is 0 Å². The molecule has 2 aliphatic heterocycles. The van der Waals surface area contributed by atoms with Crippen LogP contribution >= 0.6 is 0 Å². The third-order valence-electron chi connectivity index (χ3n) is 5.24. The summed E-state index contributed by atoms with van der Waals surface area (Å²) in [5.74, 6) is 0.152. The number of aromatic nitrogens is 2. The zero-order valence-electron chi connectivity index (χ0n) is 20.9. The molecule has 0 fully saturated rings. The zero-order chi connectivity index (χ0) is 23.0. The number of aromatic amines is 1. The van der Waals surface area contributed by atoms with E-state index in [1.807, 2.05) is 24.9 Å². The minimum Gasteiger partial charge on any atom is -1.00 e. The van der Waals surface area contributed by atoms with Gasteiger partial charge in [0.05, 0.1) is 11.1 Å². The van der Waals surface area contributed by atoms with Crippen LogP contribution in [0, 0.1) is 0 Å². The second-order valence-corrected chi connectivity index (χ2v) is 6.98. The van der Waals surface area contributed by atoms with E-state index in [4.69, 9.17) is 10.1 Å². The van der Waals surface area contributed by atoms with Crippen LogP contribution in [0.15, 0.2) is 24.8 Å². The summed E-state index contributed by atoms with van der Waals surface area (Å²) in [6, 6.07) is 0. The molecule has 2 aromatic rings. The number of nitrogens with zero attached hydrogens (tertiary/aromatic N) is 3. The Kier molecular flexibility index (Phi) is 16.5. The van der Waals surface area contributed by atoms with Crippen LogP contribution in [0.5, 0.6) is 0 Å². The molecule has 2 amide bonds. The predicted octanol–water partition coefficient (Wildman–Crippen LogP) is -5.25. The first-order valence-electron chi connectivity index (χ1n) is 10.1. The summed E-state index contributed by atoms with van der Waals surface area (Å²) in [5, 5.41) is 8.43. The van der Waals surface area contributed by atoms with Crippen LogP contribution < -0.4 is 108 Å². The van der Waals surface area contributed by atoms with Gasteiger partial charge < -0.3 is 26.4 Å². The van der Waals surface area contributed by atoms with Crippen molar-refractivity contribution in [3.05, 3.63) is 47.0 Å². The van der Waals surface area contributed by atoms with E-state index in [1.54, 1.807) is 23.5 Å². The summed E-state index contributed by atoms with van der Waals surface area (Å²) in [5.41, 5.74) is 3.67. The molecule has 1 N–H and O–H groups in total. The maximum atomic E-state index is 11.9. The number of fused-ring (bicyclic) bond motifs is 2. The molecule has 4 rings (SSSR count). The monoisotopic (exact) mass is 510 g/mol. The first kappa shape index (κ1) is 32.9. The van der Waals surface area contributed by atoms with E-state index >= 15 is 0 Å². The Morgan fingerprint density at radius 1 is 1.03 bits per heavy atom. The van der Waals surface area contributed by atoms with Crippen LogP contribution in [0.3, 0.4) is 0 Å². The van der Waals surface area contributed by atoms with Gasteiger partial charge in [0.1, 0.15) is 0 Å². The molecule has 0 saturated carbocycles. The average Bonchev–Trinajstić information content (AvgIpc) is 3.43. The SMILES string of the molecule is CCN1CCc2c[nH]cc2C1=O.CCN1CCc2cn(C(C)=O)cc2C1=O.O=CO[O-].[H-].[K+].[K+]. The summed E-state index contributed by atoms with van der Waals surface area (Å²) in [6.07, 6.45) is 8.94. The van der Waals surface area contributed by atoms with Gasteiger partial charge in [-0.3, -0.25) is 23.7 Å². The first-order valence-corrected chi connectivity index (χ1v) is 10.1. The molecule has 10 nitrogen and oxygen atoms in total. The molecule has 0 atom stereocenters. The summed E-state index contributed by atoms with van der Waals surface area (Å²) in [7, 11) is 0. The van der Waals surface area contributed by atoms with Gasteiger partial charge in [-0.05, 0) is 37.8 Å². The quantitative estimate of drug-likeness (QED) is 0.190. The fraction of sp³-hybridized carbons (Fsp3) is 0.429. The number of carbonyl (C=O) groups is 4. The number of carbonyl (C=O) groups excluding carboxylic acids is 4. The number of rotatable bonds is 3. The molecular weight excluding hydrogens is 482 g/mol. The fourth-order valence-electron chi connectivity index (χ4n) is 3.53. The number of nitrogens with one attached hydrogen (secondary N) is 1. The molecule has 0 radical (unpaired) electrons. The van der Waals surface area contributed by atoms with Crippen LogP contribution in [0.4, 0.5) is 0 Å². The molecule has 12 heteroatoms. The molecule has 0 aromatic carbocycles. The van der Waals surface area contributed by atoms with Gasteiger partial charge in [-0.25, -0.2) is 0 Å². The number of H-pyrrole nitrogens is 1. The Bertz CT molecular complexity index is 950. The summed E-state index contributed by atoms with van der Waals surface area (Å²) >= 11 is 0. The van der Waals surface area contributed by atoms with E-state index in [2.05, 4.69) is 9.87 Å².